The number of alkyl carbamates (subject to hydrolysis) is 1. The van der Waals surface area contributed by atoms with Gasteiger partial charge in [0.05, 0.1) is 0 Å². The number of carbonyl (C=O) groups is 1. The Bertz CT molecular complexity index is 1030. The van der Waals surface area contributed by atoms with Gasteiger partial charge in [-0.05, 0) is 55.7 Å². The van der Waals surface area contributed by atoms with Crippen LogP contribution in [0.1, 0.15) is 110 Å². The Morgan fingerprint density at radius 1 is 0.689 bits per heavy atom. The van der Waals surface area contributed by atoms with Gasteiger partial charge in [0, 0.05) is 6.54 Å². The Hall–Kier alpha value is -1.36. The van der Waals surface area contributed by atoms with Crippen molar-refractivity contribution in [2.75, 3.05) is 13.2 Å². The van der Waals surface area contributed by atoms with Gasteiger partial charge >= 0.3 is 63.7 Å². The monoisotopic (exact) mass is 871 g/mol. The molecule has 0 spiro atoms. The van der Waals surface area contributed by atoms with Crippen LogP contribution < -0.4 is 31.3 Å². The summed E-state index contributed by atoms with van der Waals surface area (Å²) in [5.74, 6) is 0.836. The number of carbonyl (C=O) groups excluding carboxylic acids is 1. The fraction of sp³-hybridized carbons (Fsp3) is 0.606. The molecular weight excluding hydrogens is 821 g/mol. The number of hydrogen-bond acceptors (Lipinski definition) is 3. The van der Waals surface area contributed by atoms with Crippen LogP contribution in [0, 0.1) is 7.14 Å². The summed E-state index contributed by atoms with van der Waals surface area (Å²) in [7, 11) is 0. The van der Waals surface area contributed by atoms with Crippen LogP contribution in [0.5, 0.6) is 5.75 Å². The van der Waals surface area contributed by atoms with Gasteiger partial charge in [0.25, 0.3) is 0 Å². The van der Waals surface area contributed by atoms with E-state index < -0.39 is 19.5 Å². The first-order valence-corrected chi connectivity index (χ1v) is 24.0. The number of amides is 1. The van der Waals surface area contributed by atoms with Crippen molar-refractivity contribution in [3.8, 4) is 5.75 Å². The standard InChI is InChI=1S/C33H50INO3.6FH.Sb/c1-3-5-7-9-10-11-12-13-14-18-22-32(38-33(36)35-27-19-8-6-4-2)28-37-31-25-23-30(24-26-31)34-29-20-16-15-17-21-29;;;;;;;/h15-17,20-21,23-26,32H,3-14,18-19,22,27-28H2,1-2H3;6*1H;/q;;;;;;;+5/p-5. The van der Waals surface area contributed by atoms with E-state index in [4.69, 9.17) is 9.47 Å². The SMILES string of the molecule is CCCCCCCCCCCCC(COc1ccc([I+]c2ccccc2)cc1)OC(=O)NCCCCCC.[F][Sb-]([F])([F])([F])([F])[F]. The van der Waals surface area contributed by atoms with E-state index in [1.807, 2.05) is 12.1 Å². The van der Waals surface area contributed by atoms with E-state index in [2.05, 4.69) is 61.6 Å². The maximum atomic E-state index is 12.4. The van der Waals surface area contributed by atoms with E-state index in [-0.39, 0.29) is 33.4 Å². The molecule has 2 aromatic carbocycles. The predicted octanol–water partition coefficient (Wildman–Crippen LogP) is 8.32. The molecule has 260 valence electrons. The van der Waals surface area contributed by atoms with Gasteiger partial charge in [-0.3, -0.25) is 0 Å². The first-order valence-electron chi connectivity index (χ1n) is 16.1. The van der Waals surface area contributed by atoms with E-state index >= 15 is 0 Å². The minimum atomic E-state index is -11.2. The van der Waals surface area contributed by atoms with E-state index in [9.17, 15) is 21.7 Å². The average molecular weight is 872 g/mol. The number of hydrogen-bond donors (Lipinski definition) is 1. The maximum absolute atomic E-state index is 12.4. The van der Waals surface area contributed by atoms with Crippen molar-refractivity contribution in [2.45, 2.75) is 116 Å². The van der Waals surface area contributed by atoms with Gasteiger partial charge in [0.15, 0.2) is 7.14 Å². The van der Waals surface area contributed by atoms with Crippen LogP contribution >= 0.6 is 0 Å². The Morgan fingerprint density at radius 3 is 1.69 bits per heavy atom. The number of ether oxygens (including phenoxy) is 2. The van der Waals surface area contributed by atoms with Crippen molar-refractivity contribution in [3.63, 3.8) is 0 Å². The molecule has 0 radical (unpaired) electrons. The van der Waals surface area contributed by atoms with E-state index in [1.54, 1.807) is 0 Å². The summed E-state index contributed by atoms with van der Waals surface area (Å²) >= 11 is -11.4. The quantitative estimate of drug-likeness (QED) is 0.0561. The molecule has 0 aromatic heterocycles. The van der Waals surface area contributed by atoms with Crippen LogP contribution in [0.4, 0.5) is 21.7 Å². The number of rotatable bonds is 22. The molecule has 0 fully saturated rings. The Balaban J connectivity index is 0.00000129. The molecular formula is C33H51F6INO3Sb. The van der Waals surface area contributed by atoms with Gasteiger partial charge in [-0.25, -0.2) is 4.79 Å². The fourth-order valence-electron chi connectivity index (χ4n) is 4.36. The molecule has 1 unspecified atom stereocenters. The molecule has 12 heteroatoms. The third-order valence-corrected chi connectivity index (χ3v) is 9.34. The zero-order chi connectivity index (χ0) is 33.5. The van der Waals surface area contributed by atoms with Crippen LogP contribution in [0.3, 0.4) is 0 Å². The summed E-state index contributed by atoms with van der Waals surface area (Å²) in [4.78, 5) is 12.4. The van der Waals surface area contributed by atoms with Gasteiger partial charge in [-0.15, -0.1) is 0 Å². The molecule has 0 aliphatic carbocycles. The molecule has 0 saturated heterocycles. The van der Waals surface area contributed by atoms with E-state index in [0.717, 1.165) is 31.4 Å². The first kappa shape index (κ1) is 41.7. The van der Waals surface area contributed by atoms with E-state index in [1.165, 1.54) is 77.8 Å². The van der Waals surface area contributed by atoms with Crippen molar-refractivity contribution >= 4 is 25.6 Å². The second kappa shape index (κ2) is 21.5. The zero-order valence-electron chi connectivity index (χ0n) is 26.6. The molecule has 0 saturated carbocycles. The number of benzene rings is 2. The molecule has 4 nitrogen and oxygen atoms in total. The molecule has 0 aliphatic heterocycles. The second-order valence-electron chi connectivity index (χ2n) is 11.1. The van der Waals surface area contributed by atoms with Gasteiger partial charge in [-0.1, -0.05) is 109 Å². The van der Waals surface area contributed by atoms with Gasteiger partial charge < -0.3 is 14.8 Å². The Labute approximate surface area is 278 Å². The normalized spacial score (nSPS) is 13.5. The van der Waals surface area contributed by atoms with Crippen LogP contribution in [-0.4, -0.2) is 44.8 Å². The number of halogens is 7. The molecule has 1 amide bonds. The van der Waals surface area contributed by atoms with Gasteiger partial charge in [0.1, 0.15) is 18.5 Å². The molecule has 1 N–H and O–H groups in total. The van der Waals surface area contributed by atoms with Gasteiger partial charge in [-0.2, -0.15) is 0 Å². The summed E-state index contributed by atoms with van der Waals surface area (Å²) in [6, 6.07) is 19.1. The van der Waals surface area contributed by atoms with Crippen LogP contribution in [0.15, 0.2) is 54.6 Å². The van der Waals surface area contributed by atoms with Crippen molar-refractivity contribution in [3.05, 3.63) is 61.7 Å². The van der Waals surface area contributed by atoms with Gasteiger partial charge in [0.2, 0.25) is 0 Å². The predicted molar refractivity (Wildman–Crippen MR) is 167 cm³/mol. The second-order valence-corrected chi connectivity index (χ2v) is 19.6. The Kier molecular flexibility index (Phi) is 19.9. The summed E-state index contributed by atoms with van der Waals surface area (Å²) in [6.45, 7) is 5.53. The number of unbranched alkanes of at least 4 members (excludes halogenated alkanes) is 12. The summed E-state index contributed by atoms with van der Waals surface area (Å²) in [5, 5.41) is 2.93. The topological polar surface area (TPSA) is 47.6 Å². The van der Waals surface area contributed by atoms with Crippen molar-refractivity contribution in [1.29, 1.82) is 0 Å². The van der Waals surface area contributed by atoms with Crippen LogP contribution in [-0.2, 0) is 4.74 Å². The minimum absolute atomic E-state index is 0.183. The van der Waals surface area contributed by atoms with E-state index in [0.29, 0.717) is 13.2 Å². The first-order chi connectivity index (χ1) is 21.2. The molecule has 1 atom stereocenters. The summed E-state index contributed by atoms with van der Waals surface area (Å²) in [5.41, 5.74) is 0. The molecule has 0 bridgehead atoms. The molecule has 2 rings (SSSR count). The molecule has 0 aliphatic rings. The van der Waals surface area contributed by atoms with Crippen molar-refractivity contribution in [1.82, 2.24) is 5.32 Å². The average Bonchev–Trinajstić information content (AvgIpc) is 2.96. The zero-order valence-corrected chi connectivity index (χ0v) is 31.3. The molecule has 2 aromatic rings. The Morgan fingerprint density at radius 2 is 1.16 bits per heavy atom. The number of nitrogens with one attached hydrogen (secondary N) is 1. The molecule has 0 heterocycles. The van der Waals surface area contributed by atoms with Crippen LogP contribution in [0.25, 0.3) is 0 Å². The fourth-order valence-corrected chi connectivity index (χ4v) is 6.57. The summed E-state index contributed by atoms with van der Waals surface area (Å²) in [6.07, 6.45) is 17.8. The third-order valence-electron chi connectivity index (χ3n) is 6.65. The van der Waals surface area contributed by atoms with Crippen molar-refractivity contribution < 1.29 is 52.4 Å². The molecule has 45 heavy (non-hydrogen) atoms. The van der Waals surface area contributed by atoms with Crippen LogP contribution in [0.2, 0.25) is 0 Å². The van der Waals surface area contributed by atoms with Crippen molar-refractivity contribution in [2.24, 2.45) is 0 Å². The third kappa shape index (κ3) is 29.8. The summed E-state index contributed by atoms with van der Waals surface area (Å²) < 4.78 is 74.2.